The van der Waals surface area contributed by atoms with Crippen LogP contribution >= 0.6 is 0 Å². The molecule has 0 bridgehead atoms. The molecule has 0 aromatic heterocycles. The maximum Gasteiger partial charge on any atom is 0.114 e. The smallest absolute Gasteiger partial charge is 0.114 e. The molecular formula is C7H10FeO. The summed E-state index contributed by atoms with van der Waals surface area (Å²) in [6, 6.07) is 0. The van der Waals surface area contributed by atoms with Crippen molar-refractivity contribution in [1.29, 1.82) is 0 Å². The molecule has 1 rings (SSSR count). The van der Waals surface area contributed by atoms with Crippen LogP contribution in [0.2, 0.25) is 0 Å². The van der Waals surface area contributed by atoms with E-state index in [1.807, 2.05) is 6.08 Å². The summed E-state index contributed by atoms with van der Waals surface area (Å²) in [5.74, 6) is 0.997. The van der Waals surface area contributed by atoms with E-state index in [1.165, 1.54) is 0 Å². The fraction of sp³-hybridized carbons (Fsp3) is 0.429. The molecule has 0 aromatic carbocycles. The Bertz CT molecular complexity index is 127. The van der Waals surface area contributed by atoms with E-state index in [0.717, 1.165) is 18.6 Å². The quantitative estimate of drug-likeness (QED) is 0.540. The van der Waals surface area contributed by atoms with Crippen molar-refractivity contribution in [2.75, 3.05) is 7.11 Å². The van der Waals surface area contributed by atoms with E-state index < -0.39 is 0 Å². The second-order valence-electron chi connectivity index (χ2n) is 1.79. The van der Waals surface area contributed by atoms with E-state index in [2.05, 4.69) is 12.2 Å². The van der Waals surface area contributed by atoms with Crippen LogP contribution < -0.4 is 0 Å². The van der Waals surface area contributed by atoms with Crippen molar-refractivity contribution in [1.82, 2.24) is 0 Å². The minimum absolute atomic E-state index is 0. The molecule has 0 fully saturated rings. The van der Waals surface area contributed by atoms with E-state index in [9.17, 15) is 0 Å². The fourth-order valence-electron chi connectivity index (χ4n) is 0.741. The summed E-state index contributed by atoms with van der Waals surface area (Å²) < 4.78 is 4.97. The van der Waals surface area contributed by atoms with Crippen molar-refractivity contribution < 1.29 is 21.8 Å². The van der Waals surface area contributed by atoms with Crippen LogP contribution in [0, 0.1) is 0 Å². The molecule has 1 nitrogen and oxygen atoms in total. The molecule has 52 valence electrons. The number of methoxy groups -OCH3 is 1. The Hall–Kier alpha value is -0.201. The van der Waals surface area contributed by atoms with Gasteiger partial charge in [-0.25, -0.2) is 0 Å². The Morgan fingerprint density at radius 2 is 2.22 bits per heavy atom. The molecule has 0 amide bonds. The third kappa shape index (κ3) is 2.73. The summed E-state index contributed by atoms with van der Waals surface area (Å²) in [5.41, 5.74) is 0. The Morgan fingerprint density at radius 1 is 1.44 bits per heavy atom. The number of allylic oxidation sites excluding steroid dienone is 3. The summed E-state index contributed by atoms with van der Waals surface area (Å²) in [6.45, 7) is 0. The van der Waals surface area contributed by atoms with Crippen LogP contribution in [0.15, 0.2) is 24.0 Å². The number of ether oxygens (including phenoxy) is 1. The molecule has 9 heavy (non-hydrogen) atoms. The monoisotopic (exact) mass is 166 g/mol. The normalized spacial score (nSPS) is 15.9. The number of hydrogen-bond donors (Lipinski definition) is 0. The molecule has 0 aromatic rings. The maximum atomic E-state index is 4.97. The first kappa shape index (κ1) is 8.80. The minimum atomic E-state index is 0. The average molecular weight is 166 g/mol. The van der Waals surface area contributed by atoms with E-state index in [-0.39, 0.29) is 17.1 Å². The molecule has 2 heteroatoms. The van der Waals surface area contributed by atoms with Crippen LogP contribution in [-0.4, -0.2) is 7.11 Å². The number of rotatable bonds is 1. The predicted octanol–water partition coefficient (Wildman–Crippen LogP) is 1.86. The molecule has 0 unspecified atom stereocenters. The first-order valence-corrected chi connectivity index (χ1v) is 2.84. The summed E-state index contributed by atoms with van der Waals surface area (Å²) in [6.07, 6.45) is 8.51. The third-order valence-electron chi connectivity index (χ3n) is 1.20. The Kier molecular flexibility index (Phi) is 4.55. The van der Waals surface area contributed by atoms with Crippen molar-refractivity contribution in [2.45, 2.75) is 12.8 Å². The molecule has 1 aliphatic rings. The van der Waals surface area contributed by atoms with Gasteiger partial charge in [0.1, 0.15) is 5.76 Å². The van der Waals surface area contributed by atoms with Crippen LogP contribution in [0.4, 0.5) is 0 Å². The van der Waals surface area contributed by atoms with Gasteiger partial charge in [-0.05, 0) is 25.0 Å². The van der Waals surface area contributed by atoms with Gasteiger partial charge < -0.3 is 4.74 Å². The topological polar surface area (TPSA) is 9.23 Å². The molecule has 0 saturated heterocycles. The van der Waals surface area contributed by atoms with Gasteiger partial charge in [-0.3, -0.25) is 0 Å². The third-order valence-corrected chi connectivity index (χ3v) is 1.20. The SMILES string of the molecule is COC1=CCCC=C1.[Fe]. The molecule has 0 spiro atoms. The first-order valence-electron chi connectivity index (χ1n) is 2.84. The molecule has 0 atom stereocenters. The van der Waals surface area contributed by atoms with Gasteiger partial charge in [0.15, 0.2) is 0 Å². The fourth-order valence-corrected chi connectivity index (χ4v) is 0.741. The summed E-state index contributed by atoms with van der Waals surface area (Å²) >= 11 is 0. The van der Waals surface area contributed by atoms with E-state index in [0.29, 0.717) is 0 Å². The van der Waals surface area contributed by atoms with E-state index in [4.69, 9.17) is 4.74 Å². The zero-order valence-corrected chi connectivity index (χ0v) is 6.51. The summed E-state index contributed by atoms with van der Waals surface area (Å²) in [5, 5.41) is 0. The van der Waals surface area contributed by atoms with Gasteiger partial charge >= 0.3 is 0 Å². The predicted molar refractivity (Wildman–Crippen MR) is 33.5 cm³/mol. The second-order valence-corrected chi connectivity index (χ2v) is 1.79. The van der Waals surface area contributed by atoms with Crippen molar-refractivity contribution in [3.63, 3.8) is 0 Å². The molecule has 1 aliphatic carbocycles. The average Bonchev–Trinajstić information content (AvgIpc) is 1.90. The molecule has 0 radical (unpaired) electrons. The zero-order chi connectivity index (χ0) is 5.82. The molecular weight excluding hydrogens is 156 g/mol. The van der Waals surface area contributed by atoms with E-state index in [1.54, 1.807) is 7.11 Å². The standard InChI is InChI=1S/C7H10O.Fe/c1-8-7-5-3-2-4-6-7;/h3,5-6H,2,4H2,1H3;. The molecule has 0 aliphatic heterocycles. The van der Waals surface area contributed by atoms with Crippen LogP contribution in [0.25, 0.3) is 0 Å². The maximum absolute atomic E-state index is 4.97. The zero-order valence-electron chi connectivity index (χ0n) is 5.41. The first-order chi connectivity index (χ1) is 3.93. The van der Waals surface area contributed by atoms with Gasteiger partial charge in [0.05, 0.1) is 7.11 Å². The van der Waals surface area contributed by atoms with Crippen molar-refractivity contribution in [2.24, 2.45) is 0 Å². The molecule has 0 saturated carbocycles. The van der Waals surface area contributed by atoms with Crippen molar-refractivity contribution in [3.05, 3.63) is 24.0 Å². The van der Waals surface area contributed by atoms with Crippen molar-refractivity contribution in [3.8, 4) is 0 Å². The second kappa shape index (κ2) is 4.66. The molecule has 0 heterocycles. The van der Waals surface area contributed by atoms with Crippen LogP contribution in [0.3, 0.4) is 0 Å². The van der Waals surface area contributed by atoms with Crippen LogP contribution in [0.1, 0.15) is 12.8 Å². The summed E-state index contributed by atoms with van der Waals surface area (Å²) in [7, 11) is 1.70. The van der Waals surface area contributed by atoms with Crippen LogP contribution in [0.5, 0.6) is 0 Å². The largest absolute Gasteiger partial charge is 0.497 e. The summed E-state index contributed by atoms with van der Waals surface area (Å²) in [4.78, 5) is 0. The van der Waals surface area contributed by atoms with Gasteiger partial charge in [-0.2, -0.15) is 0 Å². The Morgan fingerprint density at radius 3 is 2.56 bits per heavy atom. The van der Waals surface area contributed by atoms with Gasteiger partial charge in [0.25, 0.3) is 0 Å². The van der Waals surface area contributed by atoms with Gasteiger partial charge in [0, 0.05) is 17.1 Å². The van der Waals surface area contributed by atoms with Gasteiger partial charge in [0.2, 0.25) is 0 Å². The van der Waals surface area contributed by atoms with Gasteiger partial charge in [-0.1, -0.05) is 6.08 Å². The van der Waals surface area contributed by atoms with E-state index >= 15 is 0 Å². The Labute approximate surface area is 66.3 Å². The minimum Gasteiger partial charge on any atom is -0.497 e. The molecule has 0 N–H and O–H groups in total. The van der Waals surface area contributed by atoms with Crippen LogP contribution in [-0.2, 0) is 21.8 Å². The Balaban J connectivity index is 0.000000640. The number of hydrogen-bond acceptors (Lipinski definition) is 1. The van der Waals surface area contributed by atoms with Crippen molar-refractivity contribution >= 4 is 0 Å². The van der Waals surface area contributed by atoms with Gasteiger partial charge in [-0.15, -0.1) is 0 Å².